The van der Waals surface area contributed by atoms with Crippen molar-refractivity contribution in [3.8, 4) is 5.75 Å². The smallest absolute Gasteiger partial charge is 0.138 e. The van der Waals surface area contributed by atoms with Gasteiger partial charge in [0.1, 0.15) is 5.75 Å². The lowest BCUT2D eigenvalue weighted by Crippen LogP contribution is -2.18. The number of hydrogen-bond acceptors (Lipinski definition) is 3. The molecule has 0 bridgehead atoms. The maximum atomic E-state index is 5.68. The fourth-order valence-electron chi connectivity index (χ4n) is 1.44. The Bertz CT molecular complexity index is 297. The maximum absolute atomic E-state index is 5.68. The van der Waals surface area contributed by atoms with E-state index in [4.69, 9.17) is 4.74 Å². The summed E-state index contributed by atoms with van der Waals surface area (Å²) in [6.45, 7) is 9.33. The average Bonchev–Trinajstić information content (AvgIpc) is 2.30. The van der Waals surface area contributed by atoms with Crippen LogP contribution in [-0.4, -0.2) is 17.6 Å². The Morgan fingerprint density at radius 1 is 1.31 bits per heavy atom. The topological polar surface area (TPSA) is 34.1 Å². The summed E-state index contributed by atoms with van der Waals surface area (Å²) in [5.41, 5.74) is 1.05. The standard InChI is InChI=1S/C13H22N2O/c1-5-10(3)16-12-7-8-13(15-9-12)11(4)14-6-2/h7-11,14H,5-6H2,1-4H3. The Kier molecular flexibility index (Phi) is 5.26. The van der Waals surface area contributed by atoms with Crippen molar-refractivity contribution in [2.75, 3.05) is 6.54 Å². The van der Waals surface area contributed by atoms with Gasteiger partial charge in [0.05, 0.1) is 18.0 Å². The molecular weight excluding hydrogens is 200 g/mol. The monoisotopic (exact) mass is 222 g/mol. The molecule has 0 aliphatic heterocycles. The van der Waals surface area contributed by atoms with Crippen LogP contribution in [0.25, 0.3) is 0 Å². The molecule has 0 radical (unpaired) electrons. The first-order chi connectivity index (χ1) is 7.67. The predicted molar refractivity (Wildman–Crippen MR) is 66.7 cm³/mol. The molecule has 1 aromatic heterocycles. The molecule has 1 N–H and O–H groups in total. The van der Waals surface area contributed by atoms with Gasteiger partial charge in [0.15, 0.2) is 0 Å². The Hall–Kier alpha value is -1.09. The zero-order chi connectivity index (χ0) is 12.0. The van der Waals surface area contributed by atoms with E-state index in [0.29, 0.717) is 6.04 Å². The lowest BCUT2D eigenvalue weighted by molar-refractivity contribution is 0.216. The molecule has 3 heteroatoms. The Labute approximate surface area is 98.2 Å². The van der Waals surface area contributed by atoms with Crippen LogP contribution in [0.3, 0.4) is 0 Å². The molecule has 0 saturated carbocycles. The number of hydrogen-bond donors (Lipinski definition) is 1. The molecule has 0 aliphatic rings. The van der Waals surface area contributed by atoms with Crippen molar-refractivity contribution in [1.29, 1.82) is 0 Å². The summed E-state index contributed by atoms with van der Waals surface area (Å²) in [6, 6.07) is 4.30. The van der Waals surface area contributed by atoms with Crippen molar-refractivity contribution >= 4 is 0 Å². The molecular formula is C13H22N2O. The van der Waals surface area contributed by atoms with Crippen LogP contribution in [-0.2, 0) is 0 Å². The van der Waals surface area contributed by atoms with Crippen molar-refractivity contribution in [2.24, 2.45) is 0 Å². The molecule has 1 aromatic rings. The van der Waals surface area contributed by atoms with Gasteiger partial charge < -0.3 is 10.1 Å². The second-order valence-corrected chi connectivity index (χ2v) is 4.03. The van der Waals surface area contributed by atoms with E-state index in [0.717, 1.165) is 24.4 Å². The SMILES string of the molecule is CCNC(C)c1ccc(OC(C)CC)cn1. The number of rotatable bonds is 6. The van der Waals surface area contributed by atoms with E-state index in [1.54, 1.807) is 6.20 Å². The van der Waals surface area contributed by atoms with E-state index < -0.39 is 0 Å². The van der Waals surface area contributed by atoms with Crippen molar-refractivity contribution < 1.29 is 4.74 Å². The highest BCUT2D eigenvalue weighted by Gasteiger charge is 2.06. The molecule has 1 rings (SSSR count). The lowest BCUT2D eigenvalue weighted by Gasteiger charge is -2.14. The Morgan fingerprint density at radius 3 is 2.56 bits per heavy atom. The molecule has 0 saturated heterocycles. The number of ether oxygens (including phenoxy) is 1. The molecule has 3 nitrogen and oxygen atoms in total. The van der Waals surface area contributed by atoms with Gasteiger partial charge in [-0.2, -0.15) is 0 Å². The minimum absolute atomic E-state index is 0.249. The molecule has 90 valence electrons. The second kappa shape index (κ2) is 6.48. The molecule has 0 aromatic carbocycles. The normalized spacial score (nSPS) is 14.5. The zero-order valence-electron chi connectivity index (χ0n) is 10.7. The minimum Gasteiger partial charge on any atom is -0.489 e. The van der Waals surface area contributed by atoms with Crippen LogP contribution >= 0.6 is 0 Å². The molecule has 0 aliphatic carbocycles. The molecule has 2 atom stereocenters. The van der Waals surface area contributed by atoms with E-state index in [1.807, 2.05) is 12.1 Å². The number of aromatic nitrogens is 1. The number of pyridine rings is 1. The van der Waals surface area contributed by atoms with Crippen molar-refractivity contribution in [2.45, 2.75) is 46.3 Å². The summed E-state index contributed by atoms with van der Waals surface area (Å²) in [6.07, 6.45) is 3.06. The lowest BCUT2D eigenvalue weighted by atomic mass is 10.2. The third kappa shape index (κ3) is 3.81. The molecule has 1 heterocycles. The average molecular weight is 222 g/mol. The Morgan fingerprint density at radius 2 is 2.06 bits per heavy atom. The first-order valence-corrected chi connectivity index (χ1v) is 6.03. The number of nitrogens with zero attached hydrogens (tertiary/aromatic N) is 1. The summed E-state index contributed by atoms with van der Waals surface area (Å²) in [4.78, 5) is 4.40. The van der Waals surface area contributed by atoms with Crippen LogP contribution in [0, 0.1) is 0 Å². The third-order valence-electron chi connectivity index (χ3n) is 2.63. The second-order valence-electron chi connectivity index (χ2n) is 4.03. The van der Waals surface area contributed by atoms with Gasteiger partial charge in [0.2, 0.25) is 0 Å². The molecule has 16 heavy (non-hydrogen) atoms. The zero-order valence-corrected chi connectivity index (χ0v) is 10.7. The molecule has 2 unspecified atom stereocenters. The van der Waals surface area contributed by atoms with Crippen LogP contribution in [0.5, 0.6) is 5.75 Å². The van der Waals surface area contributed by atoms with Crippen LogP contribution in [0.1, 0.15) is 45.9 Å². The van der Waals surface area contributed by atoms with Gasteiger partial charge in [-0.1, -0.05) is 13.8 Å². The summed E-state index contributed by atoms with van der Waals surface area (Å²) in [5, 5.41) is 3.33. The van der Waals surface area contributed by atoms with Gasteiger partial charge in [-0.05, 0) is 38.9 Å². The van der Waals surface area contributed by atoms with Gasteiger partial charge in [-0.15, -0.1) is 0 Å². The Balaban J connectivity index is 2.60. The summed E-state index contributed by atoms with van der Waals surface area (Å²) < 4.78 is 5.68. The van der Waals surface area contributed by atoms with Crippen molar-refractivity contribution in [3.05, 3.63) is 24.0 Å². The predicted octanol–water partition coefficient (Wildman–Crippen LogP) is 2.93. The summed E-state index contributed by atoms with van der Waals surface area (Å²) in [7, 11) is 0. The van der Waals surface area contributed by atoms with E-state index >= 15 is 0 Å². The third-order valence-corrected chi connectivity index (χ3v) is 2.63. The van der Waals surface area contributed by atoms with Crippen LogP contribution in [0.2, 0.25) is 0 Å². The highest BCUT2D eigenvalue weighted by Crippen LogP contribution is 2.15. The quantitative estimate of drug-likeness (QED) is 0.803. The molecule has 0 amide bonds. The van der Waals surface area contributed by atoms with Gasteiger partial charge in [-0.25, -0.2) is 0 Å². The minimum atomic E-state index is 0.249. The van der Waals surface area contributed by atoms with Crippen LogP contribution in [0.4, 0.5) is 0 Å². The van der Waals surface area contributed by atoms with Crippen molar-refractivity contribution in [1.82, 2.24) is 10.3 Å². The molecule has 0 spiro atoms. The largest absolute Gasteiger partial charge is 0.489 e. The fraction of sp³-hybridized carbons (Fsp3) is 0.615. The fourth-order valence-corrected chi connectivity index (χ4v) is 1.44. The first-order valence-electron chi connectivity index (χ1n) is 6.03. The van der Waals surface area contributed by atoms with Crippen molar-refractivity contribution in [3.63, 3.8) is 0 Å². The van der Waals surface area contributed by atoms with E-state index in [-0.39, 0.29) is 6.10 Å². The number of nitrogens with one attached hydrogen (secondary N) is 1. The van der Waals surface area contributed by atoms with Gasteiger partial charge >= 0.3 is 0 Å². The van der Waals surface area contributed by atoms with Gasteiger partial charge in [-0.3, -0.25) is 4.98 Å². The van der Waals surface area contributed by atoms with E-state index in [2.05, 4.69) is 38.0 Å². The van der Waals surface area contributed by atoms with Crippen LogP contribution < -0.4 is 10.1 Å². The summed E-state index contributed by atoms with van der Waals surface area (Å²) >= 11 is 0. The molecule has 0 fully saturated rings. The van der Waals surface area contributed by atoms with E-state index in [9.17, 15) is 0 Å². The maximum Gasteiger partial charge on any atom is 0.138 e. The highest BCUT2D eigenvalue weighted by molar-refractivity contribution is 5.21. The first kappa shape index (κ1) is 13.0. The van der Waals surface area contributed by atoms with Gasteiger partial charge in [0, 0.05) is 6.04 Å². The highest BCUT2D eigenvalue weighted by atomic mass is 16.5. The van der Waals surface area contributed by atoms with Gasteiger partial charge in [0.25, 0.3) is 0 Å². The van der Waals surface area contributed by atoms with E-state index in [1.165, 1.54) is 0 Å². The van der Waals surface area contributed by atoms with Crippen LogP contribution in [0.15, 0.2) is 18.3 Å². The summed E-state index contributed by atoms with van der Waals surface area (Å²) in [5.74, 6) is 0.849.